The lowest BCUT2D eigenvalue weighted by Gasteiger charge is -2.37. The van der Waals surface area contributed by atoms with E-state index in [2.05, 4.69) is 31.2 Å². The van der Waals surface area contributed by atoms with Gasteiger partial charge in [-0.25, -0.2) is 4.98 Å². The van der Waals surface area contributed by atoms with E-state index in [1.165, 1.54) is 19.3 Å². The molecular formula is C12H19BrN4O. The van der Waals surface area contributed by atoms with Crippen LogP contribution in [-0.2, 0) is 0 Å². The highest BCUT2D eigenvalue weighted by Crippen LogP contribution is 2.31. The zero-order valence-electron chi connectivity index (χ0n) is 10.6. The smallest absolute Gasteiger partial charge is 0.232 e. The van der Waals surface area contributed by atoms with Gasteiger partial charge in [-0.2, -0.15) is 4.98 Å². The number of halogens is 1. The maximum atomic E-state index is 5.93. The molecule has 0 bridgehead atoms. The molecule has 0 aliphatic heterocycles. The Morgan fingerprint density at radius 1 is 1.44 bits per heavy atom. The first-order valence-corrected chi connectivity index (χ1v) is 7.03. The van der Waals surface area contributed by atoms with Gasteiger partial charge in [-0.1, -0.05) is 19.3 Å². The Morgan fingerprint density at radius 3 is 2.78 bits per heavy atom. The topological polar surface area (TPSA) is 73.1 Å². The van der Waals surface area contributed by atoms with Gasteiger partial charge in [0.2, 0.25) is 11.8 Å². The number of hydrogen-bond acceptors (Lipinski definition) is 5. The molecule has 5 nitrogen and oxygen atoms in total. The summed E-state index contributed by atoms with van der Waals surface area (Å²) >= 11 is 3.34. The first-order chi connectivity index (χ1) is 8.69. The Bertz CT molecular complexity index is 407. The van der Waals surface area contributed by atoms with Gasteiger partial charge in [-0.05, 0) is 28.8 Å². The molecule has 1 fully saturated rings. The van der Waals surface area contributed by atoms with Crippen LogP contribution < -0.4 is 15.8 Å². The van der Waals surface area contributed by atoms with Gasteiger partial charge in [-0.3, -0.25) is 0 Å². The molecule has 18 heavy (non-hydrogen) atoms. The third-order valence-corrected chi connectivity index (χ3v) is 4.03. The summed E-state index contributed by atoms with van der Waals surface area (Å²) in [6.45, 7) is 0.606. The monoisotopic (exact) mass is 314 g/mol. The van der Waals surface area contributed by atoms with Crippen LogP contribution in [0.1, 0.15) is 32.1 Å². The van der Waals surface area contributed by atoms with E-state index in [0.29, 0.717) is 18.4 Å². The lowest BCUT2D eigenvalue weighted by molar-refractivity contribution is 0.328. The van der Waals surface area contributed by atoms with Crippen LogP contribution in [0.2, 0.25) is 0 Å². The number of nitrogens with zero attached hydrogens (tertiary/aromatic N) is 2. The molecular weight excluding hydrogens is 296 g/mol. The predicted molar refractivity (Wildman–Crippen MR) is 74.8 cm³/mol. The van der Waals surface area contributed by atoms with E-state index in [1.807, 2.05) is 0 Å². The van der Waals surface area contributed by atoms with Crippen molar-refractivity contribution in [2.45, 2.75) is 37.6 Å². The van der Waals surface area contributed by atoms with Crippen molar-refractivity contribution in [1.82, 2.24) is 9.97 Å². The van der Waals surface area contributed by atoms with Crippen molar-refractivity contribution in [3.8, 4) is 5.88 Å². The van der Waals surface area contributed by atoms with E-state index in [1.54, 1.807) is 13.3 Å². The average Bonchev–Trinajstić information content (AvgIpc) is 2.42. The van der Waals surface area contributed by atoms with Crippen LogP contribution >= 0.6 is 15.9 Å². The highest BCUT2D eigenvalue weighted by molar-refractivity contribution is 9.10. The maximum absolute atomic E-state index is 5.93. The molecule has 1 aliphatic carbocycles. The SMILES string of the molecule is COc1nc(NC2(CN)CCCCC2)ncc1Br. The van der Waals surface area contributed by atoms with Gasteiger partial charge in [0.1, 0.15) is 0 Å². The highest BCUT2D eigenvalue weighted by Gasteiger charge is 2.31. The van der Waals surface area contributed by atoms with Crippen LogP contribution in [0.25, 0.3) is 0 Å². The Hall–Kier alpha value is -0.880. The van der Waals surface area contributed by atoms with Gasteiger partial charge in [0.05, 0.1) is 23.3 Å². The minimum absolute atomic E-state index is 0.0584. The van der Waals surface area contributed by atoms with E-state index in [0.717, 1.165) is 17.3 Å². The maximum Gasteiger partial charge on any atom is 0.232 e. The van der Waals surface area contributed by atoms with E-state index in [4.69, 9.17) is 10.5 Å². The van der Waals surface area contributed by atoms with E-state index in [9.17, 15) is 0 Å². The number of ether oxygens (including phenoxy) is 1. The van der Waals surface area contributed by atoms with Crippen LogP contribution in [0.15, 0.2) is 10.7 Å². The molecule has 1 aromatic heterocycles. The number of nitrogens with one attached hydrogen (secondary N) is 1. The fourth-order valence-corrected chi connectivity index (χ4v) is 2.75. The molecule has 1 heterocycles. The molecule has 6 heteroatoms. The summed E-state index contributed by atoms with van der Waals surface area (Å²) < 4.78 is 5.92. The lowest BCUT2D eigenvalue weighted by Crippen LogP contribution is -2.47. The molecule has 0 radical (unpaired) electrons. The summed E-state index contributed by atoms with van der Waals surface area (Å²) in [6, 6.07) is 0. The predicted octanol–water partition coefficient (Wildman–Crippen LogP) is 2.32. The summed E-state index contributed by atoms with van der Waals surface area (Å²) in [5.41, 5.74) is 5.87. The van der Waals surface area contributed by atoms with Crippen molar-refractivity contribution in [1.29, 1.82) is 0 Å². The molecule has 1 aliphatic rings. The Balaban J connectivity index is 2.16. The molecule has 0 spiro atoms. The number of nitrogens with two attached hydrogens (primary N) is 1. The molecule has 100 valence electrons. The molecule has 2 rings (SSSR count). The van der Waals surface area contributed by atoms with Crippen LogP contribution in [0.3, 0.4) is 0 Å². The van der Waals surface area contributed by atoms with Gasteiger partial charge in [0.25, 0.3) is 0 Å². The summed E-state index contributed by atoms with van der Waals surface area (Å²) in [4.78, 5) is 8.60. The Labute approximate surface area is 116 Å². The quantitative estimate of drug-likeness (QED) is 0.892. The van der Waals surface area contributed by atoms with Crippen molar-refractivity contribution in [3.05, 3.63) is 10.7 Å². The average molecular weight is 315 g/mol. The van der Waals surface area contributed by atoms with Crippen LogP contribution in [0.5, 0.6) is 5.88 Å². The molecule has 1 saturated carbocycles. The van der Waals surface area contributed by atoms with Crippen molar-refractivity contribution >= 4 is 21.9 Å². The van der Waals surface area contributed by atoms with E-state index < -0.39 is 0 Å². The van der Waals surface area contributed by atoms with Crippen molar-refractivity contribution < 1.29 is 4.74 Å². The highest BCUT2D eigenvalue weighted by atomic mass is 79.9. The number of hydrogen-bond donors (Lipinski definition) is 2. The van der Waals surface area contributed by atoms with Crippen molar-refractivity contribution in [2.24, 2.45) is 5.73 Å². The fourth-order valence-electron chi connectivity index (χ4n) is 2.40. The third kappa shape index (κ3) is 2.92. The molecule has 3 N–H and O–H groups in total. The minimum atomic E-state index is -0.0584. The van der Waals surface area contributed by atoms with Crippen LogP contribution in [0.4, 0.5) is 5.95 Å². The van der Waals surface area contributed by atoms with E-state index in [-0.39, 0.29) is 5.54 Å². The molecule has 0 atom stereocenters. The number of anilines is 1. The number of methoxy groups -OCH3 is 1. The summed E-state index contributed by atoms with van der Waals surface area (Å²) in [5.74, 6) is 1.12. The largest absolute Gasteiger partial charge is 0.480 e. The molecule has 0 aromatic carbocycles. The zero-order chi connectivity index (χ0) is 13.0. The summed E-state index contributed by atoms with van der Waals surface area (Å²) in [5, 5.41) is 3.40. The second-order valence-corrected chi connectivity index (χ2v) is 5.58. The zero-order valence-corrected chi connectivity index (χ0v) is 12.2. The fraction of sp³-hybridized carbons (Fsp3) is 0.667. The molecule has 0 saturated heterocycles. The van der Waals surface area contributed by atoms with E-state index >= 15 is 0 Å². The van der Waals surface area contributed by atoms with Crippen LogP contribution in [-0.4, -0.2) is 29.2 Å². The normalized spacial score (nSPS) is 18.4. The van der Waals surface area contributed by atoms with Gasteiger partial charge in [0, 0.05) is 6.54 Å². The second-order valence-electron chi connectivity index (χ2n) is 4.72. The van der Waals surface area contributed by atoms with Gasteiger partial charge < -0.3 is 15.8 Å². The number of rotatable bonds is 4. The Morgan fingerprint density at radius 2 is 2.17 bits per heavy atom. The van der Waals surface area contributed by atoms with Crippen LogP contribution in [0, 0.1) is 0 Å². The van der Waals surface area contributed by atoms with Gasteiger partial charge in [0.15, 0.2) is 0 Å². The molecule has 0 amide bonds. The first-order valence-electron chi connectivity index (χ1n) is 6.24. The minimum Gasteiger partial charge on any atom is -0.480 e. The summed E-state index contributed by atoms with van der Waals surface area (Å²) in [6.07, 6.45) is 7.54. The molecule has 1 aromatic rings. The Kier molecular flexibility index (Phi) is 4.40. The molecule has 0 unspecified atom stereocenters. The van der Waals surface area contributed by atoms with Gasteiger partial charge in [-0.15, -0.1) is 0 Å². The second kappa shape index (κ2) is 5.84. The number of aromatic nitrogens is 2. The van der Waals surface area contributed by atoms with Crippen molar-refractivity contribution in [3.63, 3.8) is 0 Å². The third-order valence-electron chi connectivity index (χ3n) is 3.48. The first kappa shape index (κ1) is 13.5. The van der Waals surface area contributed by atoms with Crippen molar-refractivity contribution in [2.75, 3.05) is 19.0 Å². The summed E-state index contributed by atoms with van der Waals surface area (Å²) in [7, 11) is 1.59. The van der Waals surface area contributed by atoms with Gasteiger partial charge >= 0.3 is 0 Å². The lowest BCUT2D eigenvalue weighted by atomic mass is 9.82. The standard InChI is InChI=1S/C12H19BrN4O/c1-18-10-9(13)7-15-11(16-10)17-12(8-14)5-3-2-4-6-12/h7H,2-6,8,14H2,1H3,(H,15,16,17).